The van der Waals surface area contributed by atoms with Gasteiger partial charge in [-0.15, -0.1) is 11.3 Å². The minimum Gasteiger partial charge on any atom is -0.330 e. The van der Waals surface area contributed by atoms with Crippen LogP contribution in [-0.2, 0) is 12.5 Å². The standard InChI is InChI=1S/C17H14N4S/c1-21-13-5-3-2-4-12(13)20-16(21)17(7-8-17)14-11-6-9-22-15(11)19-10-18-14/h2-6,9-10H,7-8H2,1H3. The van der Waals surface area contributed by atoms with Crippen LogP contribution < -0.4 is 0 Å². The Morgan fingerprint density at radius 1 is 1.14 bits per heavy atom. The van der Waals surface area contributed by atoms with Gasteiger partial charge in [0.05, 0.1) is 22.1 Å². The van der Waals surface area contributed by atoms with Crippen molar-refractivity contribution in [3.05, 3.63) is 53.6 Å². The van der Waals surface area contributed by atoms with Crippen molar-refractivity contribution in [1.29, 1.82) is 0 Å². The van der Waals surface area contributed by atoms with Crippen molar-refractivity contribution in [3.63, 3.8) is 0 Å². The number of imidazole rings is 1. The third-order valence-corrected chi connectivity index (χ3v) is 5.50. The molecule has 0 atom stereocenters. The van der Waals surface area contributed by atoms with Gasteiger partial charge in [0.1, 0.15) is 17.0 Å². The molecule has 1 fully saturated rings. The van der Waals surface area contributed by atoms with Gasteiger partial charge in [-0.2, -0.15) is 0 Å². The van der Waals surface area contributed by atoms with Gasteiger partial charge in [0.2, 0.25) is 0 Å². The SMILES string of the molecule is Cn1c(C2(c3ncnc4sccc34)CC2)nc2ccccc21. The van der Waals surface area contributed by atoms with Gasteiger partial charge in [-0.1, -0.05) is 12.1 Å². The number of para-hydroxylation sites is 2. The van der Waals surface area contributed by atoms with E-state index >= 15 is 0 Å². The summed E-state index contributed by atoms with van der Waals surface area (Å²) in [4.78, 5) is 15.0. The molecule has 0 N–H and O–H groups in total. The zero-order valence-electron chi connectivity index (χ0n) is 12.2. The van der Waals surface area contributed by atoms with Crippen LogP contribution in [0.5, 0.6) is 0 Å². The van der Waals surface area contributed by atoms with Crippen molar-refractivity contribution in [2.24, 2.45) is 7.05 Å². The minimum atomic E-state index is -0.0456. The Morgan fingerprint density at radius 3 is 2.82 bits per heavy atom. The van der Waals surface area contributed by atoms with Gasteiger partial charge in [-0.3, -0.25) is 0 Å². The van der Waals surface area contributed by atoms with Gasteiger partial charge in [0, 0.05) is 12.4 Å². The first kappa shape index (κ1) is 12.3. The van der Waals surface area contributed by atoms with Crippen LogP contribution >= 0.6 is 11.3 Å². The van der Waals surface area contributed by atoms with Gasteiger partial charge >= 0.3 is 0 Å². The fourth-order valence-corrected chi connectivity index (χ4v) is 4.17. The van der Waals surface area contributed by atoms with Crippen LogP contribution in [0, 0.1) is 0 Å². The van der Waals surface area contributed by atoms with E-state index in [1.165, 1.54) is 10.9 Å². The van der Waals surface area contributed by atoms with Crippen LogP contribution in [0.1, 0.15) is 24.4 Å². The largest absolute Gasteiger partial charge is 0.330 e. The van der Waals surface area contributed by atoms with E-state index in [4.69, 9.17) is 4.98 Å². The van der Waals surface area contributed by atoms with E-state index in [2.05, 4.69) is 51.2 Å². The maximum absolute atomic E-state index is 4.92. The maximum Gasteiger partial charge on any atom is 0.126 e. The number of hydrogen-bond acceptors (Lipinski definition) is 4. The predicted molar refractivity (Wildman–Crippen MR) is 88.1 cm³/mol. The summed E-state index contributed by atoms with van der Waals surface area (Å²) in [6, 6.07) is 10.4. The second-order valence-corrected chi connectivity index (χ2v) is 6.82. The molecule has 5 rings (SSSR count). The summed E-state index contributed by atoms with van der Waals surface area (Å²) in [6.07, 6.45) is 3.90. The molecule has 0 saturated heterocycles. The monoisotopic (exact) mass is 306 g/mol. The number of thiophene rings is 1. The predicted octanol–water partition coefficient (Wildman–Crippen LogP) is 3.66. The molecular formula is C17H14N4S. The summed E-state index contributed by atoms with van der Waals surface area (Å²) in [6.45, 7) is 0. The first-order chi connectivity index (χ1) is 10.8. The molecule has 0 spiro atoms. The van der Waals surface area contributed by atoms with E-state index in [1.54, 1.807) is 17.7 Å². The van der Waals surface area contributed by atoms with Crippen LogP contribution in [0.4, 0.5) is 0 Å². The fourth-order valence-electron chi connectivity index (χ4n) is 3.44. The Balaban J connectivity index is 1.79. The van der Waals surface area contributed by atoms with Crippen molar-refractivity contribution >= 4 is 32.6 Å². The summed E-state index contributed by atoms with van der Waals surface area (Å²) in [5.74, 6) is 1.12. The van der Waals surface area contributed by atoms with Crippen LogP contribution in [0.15, 0.2) is 42.0 Å². The number of rotatable bonds is 2. The highest BCUT2D eigenvalue weighted by molar-refractivity contribution is 7.16. The third-order valence-electron chi connectivity index (χ3n) is 4.68. The summed E-state index contributed by atoms with van der Waals surface area (Å²) in [5, 5.41) is 3.27. The molecule has 0 bridgehead atoms. The molecule has 4 nitrogen and oxygen atoms in total. The second kappa shape index (κ2) is 4.14. The van der Waals surface area contributed by atoms with Crippen molar-refractivity contribution in [2.75, 3.05) is 0 Å². The lowest BCUT2D eigenvalue weighted by atomic mass is 9.98. The molecule has 0 radical (unpaired) electrons. The normalized spacial score (nSPS) is 16.4. The second-order valence-electron chi connectivity index (χ2n) is 5.93. The van der Waals surface area contributed by atoms with E-state index < -0.39 is 0 Å². The van der Waals surface area contributed by atoms with Gasteiger partial charge in [0.15, 0.2) is 0 Å². The average Bonchev–Trinajstić information content (AvgIpc) is 3.07. The lowest BCUT2D eigenvalue weighted by molar-refractivity contribution is 0.690. The van der Waals surface area contributed by atoms with Crippen LogP contribution in [0.3, 0.4) is 0 Å². The Morgan fingerprint density at radius 2 is 2.00 bits per heavy atom. The number of hydrogen-bond donors (Lipinski definition) is 0. The topological polar surface area (TPSA) is 43.6 Å². The molecule has 0 unspecified atom stereocenters. The zero-order chi connectivity index (χ0) is 14.7. The number of fused-ring (bicyclic) bond motifs is 2. The van der Waals surface area contributed by atoms with Crippen LogP contribution in [0.25, 0.3) is 21.3 Å². The first-order valence-electron chi connectivity index (χ1n) is 7.40. The molecule has 4 aromatic rings. The molecule has 1 saturated carbocycles. The van der Waals surface area contributed by atoms with E-state index in [0.29, 0.717) is 0 Å². The summed E-state index contributed by atoms with van der Waals surface area (Å²) in [5.41, 5.74) is 3.33. The summed E-state index contributed by atoms with van der Waals surface area (Å²) < 4.78 is 2.22. The highest BCUT2D eigenvalue weighted by Crippen LogP contribution is 2.54. The molecule has 5 heteroatoms. The van der Waals surface area contributed by atoms with Gasteiger partial charge < -0.3 is 4.57 Å². The van der Waals surface area contributed by atoms with Crippen molar-refractivity contribution in [3.8, 4) is 0 Å². The number of benzene rings is 1. The molecule has 3 heterocycles. The van der Waals surface area contributed by atoms with E-state index in [1.807, 2.05) is 6.07 Å². The van der Waals surface area contributed by atoms with Crippen molar-refractivity contribution < 1.29 is 0 Å². The lowest BCUT2D eigenvalue weighted by Gasteiger charge is -2.15. The highest BCUT2D eigenvalue weighted by atomic mass is 32.1. The summed E-state index contributed by atoms with van der Waals surface area (Å²) >= 11 is 1.67. The number of aromatic nitrogens is 4. The maximum atomic E-state index is 4.92. The number of aryl methyl sites for hydroxylation is 1. The molecule has 22 heavy (non-hydrogen) atoms. The third kappa shape index (κ3) is 1.49. The smallest absolute Gasteiger partial charge is 0.126 e. The minimum absolute atomic E-state index is 0.0456. The van der Waals surface area contributed by atoms with E-state index in [0.717, 1.165) is 34.7 Å². The molecule has 108 valence electrons. The molecule has 1 aliphatic carbocycles. The Labute approximate surface area is 131 Å². The number of nitrogens with zero attached hydrogens (tertiary/aromatic N) is 4. The lowest BCUT2D eigenvalue weighted by Crippen LogP contribution is -2.17. The molecule has 1 aliphatic rings. The van der Waals surface area contributed by atoms with Gasteiger partial charge in [-0.05, 0) is 36.4 Å². The molecule has 3 aromatic heterocycles. The molecule has 0 amide bonds. The Kier molecular flexibility index (Phi) is 2.31. The average molecular weight is 306 g/mol. The molecule has 0 aliphatic heterocycles. The van der Waals surface area contributed by atoms with E-state index in [-0.39, 0.29) is 5.41 Å². The van der Waals surface area contributed by atoms with Crippen molar-refractivity contribution in [1.82, 2.24) is 19.5 Å². The molecule has 1 aromatic carbocycles. The fraction of sp³-hybridized carbons (Fsp3) is 0.235. The first-order valence-corrected chi connectivity index (χ1v) is 8.28. The van der Waals surface area contributed by atoms with Gasteiger partial charge in [-0.25, -0.2) is 15.0 Å². The van der Waals surface area contributed by atoms with E-state index in [9.17, 15) is 0 Å². The summed E-state index contributed by atoms with van der Waals surface area (Å²) in [7, 11) is 2.11. The molecular weight excluding hydrogens is 292 g/mol. The Hall–Kier alpha value is -2.27. The highest BCUT2D eigenvalue weighted by Gasteiger charge is 2.51. The van der Waals surface area contributed by atoms with Crippen LogP contribution in [-0.4, -0.2) is 19.5 Å². The quantitative estimate of drug-likeness (QED) is 0.567. The zero-order valence-corrected chi connectivity index (χ0v) is 13.0. The van der Waals surface area contributed by atoms with Crippen LogP contribution in [0.2, 0.25) is 0 Å². The van der Waals surface area contributed by atoms with Gasteiger partial charge in [0.25, 0.3) is 0 Å². The Bertz CT molecular complexity index is 1010. The van der Waals surface area contributed by atoms with Crippen molar-refractivity contribution in [2.45, 2.75) is 18.3 Å².